The average molecular weight is 433 g/mol. The monoisotopic (exact) mass is 432 g/mol. The van der Waals surface area contributed by atoms with Gasteiger partial charge in [0.2, 0.25) is 0 Å². The van der Waals surface area contributed by atoms with Crippen LogP contribution in [0.3, 0.4) is 0 Å². The third kappa shape index (κ3) is 5.48. The molecule has 0 fully saturated rings. The van der Waals surface area contributed by atoms with Crippen LogP contribution in [0.4, 0.5) is 8.78 Å². The summed E-state index contributed by atoms with van der Waals surface area (Å²) < 4.78 is 25.7. The molecule has 2 heterocycles. The molecule has 0 saturated heterocycles. The SMILES string of the molecule is CC1=NN(C(=O)c2cccc(F)c2)CC1.O=C(c1cccc(F)c1)N1CCC(Cl)=N1. The van der Waals surface area contributed by atoms with E-state index in [1.807, 2.05) is 6.92 Å². The lowest BCUT2D eigenvalue weighted by atomic mass is 10.2. The number of rotatable bonds is 2. The molecular weight excluding hydrogens is 414 g/mol. The quantitative estimate of drug-likeness (QED) is 0.711. The van der Waals surface area contributed by atoms with Crippen LogP contribution in [-0.4, -0.2) is 45.8 Å². The van der Waals surface area contributed by atoms with E-state index in [0.717, 1.165) is 12.1 Å². The summed E-state index contributed by atoms with van der Waals surface area (Å²) in [6.45, 7) is 2.91. The molecule has 0 aliphatic carbocycles. The van der Waals surface area contributed by atoms with Gasteiger partial charge in [0.1, 0.15) is 16.8 Å². The molecule has 0 radical (unpaired) electrons. The highest BCUT2D eigenvalue weighted by Crippen LogP contribution is 2.14. The van der Waals surface area contributed by atoms with Crippen molar-refractivity contribution in [3.63, 3.8) is 0 Å². The number of amides is 2. The van der Waals surface area contributed by atoms with Crippen LogP contribution < -0.4 is 0 Å². The Morgan fingerprint density at radius 1 is 0.867 bits per heavy atom. The summed E-state index contributed by atoms with van der Waals surface area (Å²) in [5.74, 6) is -1.41. The van der Waals surface area contributed by atoms with Gasteiger partial charge in [0, 0.05) is 29.7 Å². The summed E-state index contributed by atoms with van der Waals surface area (Å²) in [6, 6.07) is 11.2. The van der Waals surface area contributed by atoms with E-state index in [2.05, 4.69) is 10.2 Å². The predicted octanol–water partition coefficient (Wildman–Crippen LogP) is 4.27. The lowest BCUT2D eigenvalue weighted by Crippen LogP contribution is -2.23. The van der Waals surface area contributed by atoms with E-state index >= 15 is 0 Å². The number of hydrogen-bond donors (Lipinski definition) is 0. The summed E-state index contributed by atoms with van der Waals surface area (Å²) in [4.78, 5) is 23.5. The fourth-order valence-electron chi connectivity index (χ4n) is 2.84. The number of hydrogen-bond acceptors (Lipinski definition) is 4. The second kappa shape index (κ2) is 9.58. The molecule has 0 saturated carbocycles. The van der Waals surface area contributed by atoms with Crippen molar-refractivity contribution in [2.24, 2.45) is 10.2 Å². The van der Waals surface area contributed by atoms with Crippen molar-refractivity contribution in [3.8, 4) is 0 Å². The minimum absolute atomic E-state index is 0.244. The van der Waals surface area contributed by atoms with Gasteiger partial charge in [-0.15, -0.1) is 0 Å². The zero-order chi connectivity index (χ0) is 21.7. The molecule has 0 unspecified atom stereocenters. The lowest BCUT2D eigenvalue weighted by molar-refractivity contribution is 0.0770. The summed E-state index contributed by atoms with van der Waals surface area (Å²) >= 11 is 5.65. The molecule has 2 aromatic carbocycles. The molecule has 2 aromatic rings. The van der Waals surface area contributed by atoms with Crippen LogP contribution in [-0.2, 0) is 0 Å². The molecule has 0 bridgehead atoms. The molecule has 6 nitrogen and oxygen atoms in total. The van der Waals surface area contributed by atoms with Crippen LogP contribution in [0.5, 0.6) is 0 Å². The van der Waals surface area contributed by atoms with E-state index in [4.69, 9.17) is 11.6 Å². The van der Waals surface area contributed by atoms with Gasteiger partial charge in [-0.25, -0.2) is 18.8 Å². The van der Waals surface area contributed by atoms with Crippen LogP contribution in [0.2, 0.25) is 0 Å². The van der Waals surface area contributed by atoms with Crippen molar-refractivity contribution in [2.45, 2.75) is 19.8 Å². The Morgan fingerprint density at radius 2 is 1.37 bits per heavy atom. The maximum atomic E-state index is 12.9. The number of halogens is 3. The maximum Gasteiger partial charge on any atom is 0.274 e. The first kappa shape index (κ1) is 21.6. The number of carbonyl (C=O) groups is 2. The molecule has 0 N–H and O–H groups in total. The van der Waals surface area contributed by atoms with Crippen molar-refractivity contribution in [1.82, 2.24) is 10.0 Å². The first-order chi connectivity index (χ1) is 14.3. The second-order valence-corrected chi connectivity index (χ2v) is 7.13. The van der Waals surface area contributed by atoms with Gasteiger partial charge in [0.25, 0.3) is 11.8 Å². The molecule has 2 amide bonds. The van der Waals surface area contributed by atoms with Gasteiger partial charge < -0.3 is 0 Å². The Morgan fingerprint density at radius 3 is 1.77 bits per heavy atom. The smallest absolute Gasteiger partial charge is 0.267 e. The largest absolute Gasteiger partial charge is 0.274 e. The fraction of sp³-hybridized carbons (Fsp3) is 0.238. The summed E-state index contributed by atoms with van der Waals surface area (Å²) in [6.07, 6.45) is 1.35. The Balaban J connectivity index is 0.000000171. The highest BCUT2D eigenvalue weighted by Gasteiger charge is 2.21. The van der Waals surface area contributed by atoms with E-state index in [0.29, 0.717) is 30.2 Å². The van der Waals surface area contributed by atoms with Gasteiger partial charge in [0.05, 0.1) is 13.1 Å². The van der Waals surface area contributed by atoms with Gasteiger partial charge in [-0.05, 0) is 43.3 Å². The Kier molecular flexibility index (Phi) is 6.89. The zero-order valence-electron chi connectivity index (χ0n) is 16.2. The second-order valence-electron chi connectivity index (χ2n) is 6.69. The molecule has 30 heavy (non-hydrogen) atoms. The number of benzene rings is 2. The molecule has 2 aliphatic rings. The van der Waals surface area contributed by atoms with Crippen molar-refractivity contribution >= 4 is 34.3 Å². The highest BCUT2D eigenvalue weighted by molar-refractivity contribution is 6.65. The van der Waals surface area contributed by atoms with Crippen molar-refractivity contribution < 1.29 is 18.4 Å². The Bertz CT molecular complexity index is 944. The normalized spacial score (nSPS) is 15.3. The van der Waals surface area contributed by atoms with E-state index in [-0.39, 0.29) is 17.4 Å². The predicted molar refractivity (Wildman–Crippen MR) is 111 cm³/mol. The molecule has 0 aromatic heterocycles. The van der Waals surface area contributed by atoms with E-state index < -0.39 is 11.6 Å². The lowest BCUT2D eigenvalue weighted by Gasteiger charge is -2.11. The molecule has 156 valence electrons. The van der Waals surface area contributed by atoms with Gasteiger partial charge in [0.15, 0.2) is 0 Å². The molecule has 0 spiro atoms. The van der Waals surface area contributed by atoms with Gasteiger partial charge in [-0.3, -0.25) is 9.59 Å². The standard InChI is InChI=1S/C11H11FN2O.C10H8ClFN2O/c1-8-5-6-14(13-8)11(15)9-3-2-4-10(12)7-9;11-9-4-5-14(13-9)10(15)7-2-1-3-8(12)6-7/h2-4,7H,5-6H2,1H3;1-3,6H,4-5H2. The number of hydrazone groups is 2. The van der Waals surface area contributed by atoms with Crippen LogP contribution >= 0.6 is 11.6 Å². The van der Waals surface area contributed by atoms with E-state index in [9.17, 15) is 18.4 Å². The first-order valence-electron chi connectivity index (χ1n) is 9.25. The van der Waals surface area contributed by atoms with Crippen LogP contribution in [0.25, 0.3) is 0 Å². The zero-order valence-corrected chi connectivity index (χ0v) is 16.9. The van der Waals surface area contributed by atoms with Crippen LogP contribution in [0, 0.1) is 11.6 Å². The van der Waals surface area contributed by atoms with Gasteiger partial charge in [-0.1, -0.05) is 23.7 Å². The van der Waals surface area contributed by atoms with Gasteiger partial charge >= 0.3 is 0 Å². The van der Waals surface area contributed by atoms with E-state index in [1.165, 1.54) is 46.4 Å². The minimum Gasteiger partial charge on any atom is -0.267 e. The Labute approximate surface area is 177 Å². The number of carbonyl (C=O) groups excluding carboxylic acids is 2. The van der Waals surface area contributed by atoms with Crippen molar-refractivity contribution in [3.05, 3.63) is 71.3 Å². The van der Waals surface area contributed by atoms with Crippen molar-refractivity contribution in [1.29, 1.82) is 0 Å². The molecule has 0 atom stereocenters. The molecule has 9 heteroatoms. The third-order valence-electron chi connectivity index (χ3n) is 4.35. The molecular formula is C21H19ClF2N4O2. The summed E-state index contributed by atoms with van der Waals surface area (Å²) in [5.41, 5.74) is 1.55. The minimum atomic E-state index is -0.435. The highest BCUT2D eigenvalue weighted by atomic mass is 35.5. The molecule has 2 aliphatic heterocycles. The fourth-order valence-corrected chi connectivity index (χ4v) is 3.01. The summed E-state index contributed by atoms with van der Waals surface area (Å²) in [7, 11) is 0. The molecule has 4 rings (SSSR count). The maximum absolute atomic E-state index is 12.9. The topological polar surface area (TPSA) is 65.3 Å². The van der Waals surface area contributed by atoms with Gasteiger partial charge in [-0.2, -0.15) is 10.2 Å². The summed E-state index contributed by atoms with van der Waals surface area (Å²) in [5, 5.41) is 10.9. The van der Waals surface area contributed by atoms with Crippen LogP contribution in [0.1, 0.15) is 40.5 Å². The number of nitrogens with zero attached hydrogens (tertiary/aromatic N) is 4. The Hall–Kier alpha value is -3.13. The van der Waals surface area contributed by atoms with Crippen LogP contribution in [0.15, 0.2) is 58.7 Å². The first-order valence-corrected chi connectivity index (χ1v) is 9.63. The third-order valence-corrected chi connectivity index (χ3v) is 4.61. The van der Waals surface area contributed by atoms with Crippen molar-refractivity contribution in [2.75, 3.05) is 13.1 Å². The average Bonchev–Trinajstić information content (AvgIpc) is 3.36. The van der Waals surface area contributed by atoms with E-state index in [1.54, 1.807) is 12.1 Å².